The second kappa shape index (κ2) is 10.9. The molecular weight excluding hydrogens is 397 g/mol. The van der Waals surface area contributed by atoms with Crippen molar-refractivity contribution in [2.45, 2.75) is 0 Å². The van der Waals surface area contributed by atoms with Crippen LogP contribution in [0.25, 0.3) is 0 Å². The van der Waals surface area contributed by atoms with Crippen LogP contribution in [-0.4, -0.2) is 43.5 Å². The van der Waals surface area contributed by atoms with E-state index in [1.54, 1.807) is 4.90 Å². The third kappa shape index (κ3) is 5.45. The molecule has 0 aliphatic carbocycles. The van der Waals surface area contributed by atoms with Crippen molar-refractivity contribution < 1.29 is 19.2 Å². The van der Waals surface area contributed by atoms with Gasteiger partial charge in [0, 0.05) is 22.8 Å². The second-order valence-corrected chi connectivity index (χ2v) is 9.61. The Hall–Kier alpha value is -2.72. The van der Waals surface area contributed by atoms with Gasteiger partial charge in [-0.25, -0.2) is 0 Å². The summed E-state index contributed by atoms with van der Waals surface area (Å²) in [5.41, 5.74) is 0.725. The molecule has 0 atom stereocenters. The highest BCUT2D eigenvalue weighted by atomic mass is 31.2. The minimum atomic E-state index is -3.17. The highest BCUT2D eigenvalue weighted by Crippen LogP contribution is 2.43. The Bertz CT molecular complexity index is 921. The Balaban J connectivity index is 1.91. The van der Waals surface area contributed by atoms with E-state index in [1.807, 2.05) is 91.0 Å². The van der Waals surface area contributed by atoms with Crippen molar-refractivity contribution in [3.05, 3.63) is 91.0 Å². The summed E-state index contributed by atoms with van der Waals surface area (Å²) in [6.07, 6.45) is -0.115. The molecule has 156 valence electrons. The highest BCUT2D eigenvalue weighted by Gasteiger charge is 2.32. The molecular formula is C24H26NO4P. The predicted octanol–water partition coefficient (Wildman–Crippen LogP) is 3.04. The molecule has 3 rings (SSSR count). The zero-order valence-electron chi connectivity index (χ0n) is 16.8. The molecule has 0 spiro atoms. The third-order valence-electron chi connectivity index (χ3n) is 4.77. The van der Waals surface area contributed by atoms with Gasteiger partial charge in [0.25, 0.3) is 0 Å². The highest BCUT2D eigenvalue weighted by molar-refractivity contribution is 7.79. The minimum Gasteiger partial charge on any atom is -0.394 e. The van der Waals surface area contributed by atoms with Crippen LogP contribution >= 0.6 is 7.14 Å². The summed E-state index contributed by atoms with van der Waals surface area (Å²) in [6.45, 7) is 0.731. The first-order valence-corrected chi connectivity index (χ1v) is 11.8. The van der Waals surface area contributed by atoms with Crippen LogP contribution in [0.5, 0.6) is 0 Å². The third-order valence-corrected chi connectivity index (χ3v) is 7.75. The number of nitrogens with zero attached hydrogens (tertiary/aromatic N) is 1. The quantitative estimate of drug-likeness (QED) is 0.402. The molecule has 0 unspecified atom stereocenters. The summed E-state index contributed by atoms with van der Waals surface area (Å²) in [4.78, 5) is 15.0. The number of carbonyl (C=O) groups excluding carboxylic acids is 1. The molecule has 3 aromatic rings. The van der Waals surface area contributed by atoms with E-state index in [4.69, 9.17) is 9.84 Å². The maximum Gasteiger partial charge on any atom is 0.235 e. The molecule has 0 saturated carbocycles. The number of aliphatic hydroxyl groups is 1. The number of anilines is 1. The number of hydrogen-bond acceptors (Lipinski definition) is 4. The van der Waals surface area contributed by atoms with Crippen LogP contribution in [0.3, 0.4) is 0 Å². The van der Waals surface area contributed by atoms with E-state index in [-0.39, 0.29) is 31.9 Å². The number of aliphatic hydroxyl groups excluding tert-OH is 1. The Labute approximate surface area is 177 Å². The molecule has 6 heteroatoms. The van der Waals surface area contributed by atoms with E-state index >= 15 is 0 Å². The summed E-state index contributed by atoms with van der Waals surface area (Å²) >= 11 is 0. The van der Waals surface area contributed by atoms with Crippen molar-refractivity contribution in [3.8, 4) is 0 Å². The summed E-state index contributed by atoms with van der Waals surface area (Å²) in [6, 6.07) is 27.7. The number of amides is 1. The van der Waals surface area contributed by atoms with E-state index < -0.39 is 7.14 Å². The molecule has 0 aliphatic rings. The molecule has 0 heterocycles. The molecule has 0 fully saturated rings. The van der Waals surface area contributed by atoms with Gasteiger partial charge >= 0.3 is 0 Å². The molecule has 0 radical (unpaired) electrons. The minimum absolute atomic E-state index is 0.0729. The zero-order valence-corrected chi connectivity index (χ0v) is 17.7. The first-order chi connectivity index (χ1) is 14.6. The lowest BCUT2D eigenvalue weighted by Gasteiger charge is -2.26. The lowest BCUT2D eigenvalue weighted by Crippen LogP contribution is -2.38. The molecule has 3 aromatic carbocycles. The SMILES string of the molecule is O=C(CP(=O)(c1ccccc1)c1ccccc1)N(CCOCCO)c1ccccc1. The van der Waals surface area contributed by atoms with Crippen LogP contribution < -0.4 is 15.5 Å². The number of rotatable bonds is 10. The molecule has 0 bridgehead atoms. The van der Waals surface area contributed by atoms with Crippen LogP contribution in [0.1, 0.15) is 0 Å². The first kappa shape index (κ1) is 22.0. The fraction of sp³-hybridized carbons (Fsp3) is 0.208. The number of para-hydroxylation sites is 1. The van der Waals surface area contributed by atoms with E-state index in [2.05, 4.69) is 0 Å². The number of ether oxygens (including phenoxy) is 1. The van der Waals surface area contributed by atoms with Gasteiger partial charge in [-0.15, -0.1) is 0 Å². The molecule has 30 heavy (non-hydrogen) atoms. The van der Waals surface area contributed by atoms with Crippen LogP contribution in [0, 0.1) is 0 Å². The van der Waals surface area contributed by atoms with E-state index in [0.717, 1.165) is 5.69 Å². The van der Waals surface area contributed by atoms with Crippen LogP contribution in [-0.2, 0) is 14.1 Å². The van der Waals surface area contributed by atoms with Gasteiger partial charge in [0.15, 0.2) is 7.14 Å². The number of hydrogen-bond donors (Lipinski definition) is 1. The van der Waals surface area contributed by atoms with Gasteiger partial charge in [0.05, 0.1) is 26.0 Å². The number of carbonyl (C=O) groups is 1. The van der Waals surface area contributed by atoms with E-state index in [9.17, 15) is 9.36 Å². The van der Waals surface area contributed by atoms with Crippen LogP contribution in [0.15, 0.2) is 91.0 Å². The van der Waals surface area contributed by atoms with Crippen molar-refractivity contribution in [2.24, 2.45) is 0 Å². The summed E-state index contributed by atoms with van der Waals surface area (Å²) in [7, 11) is -3.17. The lowest BCUT2D eigenvalue weighted by molar-refractivity contribution is -0.116. The van der Waals surface area contributed by atoms with Gasteiger partial charge < -0.3 is 19.3 Å². The molecule has 5 nitrogen and oxygen atoms in total. The van der Waals surface area contributed by atoms with Crippen molar-refractivity contribution in [3.63, 3.8) is 0 Å². The summed E-state index contributed by atoms with van der Waals surface area (Å²) < 4.78 is 19.6. The first-order valence-electron chi connectivity index (χ1n) is 9.89. The van der Waals surface area contributed by atoms with Crippen molar-refractivity contribution in [2.75, 3.05) is 37.4 Å². The van der Waals surface area contributed by atoms with Gasteiger partial charge in [-0.1, -0.05) is 78.9 Å². The van der Waals surface area contributed by atoms with Crippen molar-refractivity contribution in [1.82, 2.24) is 0 Å². The molecule has 0 saturated heterocycles. The van der Waals surface area contributed by atoms with Crippen LogP contribution in [0.2, 0.25) is 0 Å². The Morgan fingerprint density at radius 2 is 1.30 bits per heavy atom. The predicted molar refractivity (Wildman–Crippen MR) is 121 cm³/mol. The van der Waals surface area contributed by atoms with Crippen molar-refractivity contribution >= 4 is 29.3 Å². The molecule has 0 aromatic heterocycles. The lowest BCUT2D eigenvalue weighted by atomic mass is 10.3. The fourth-order valence-electron chi connectivity index (χ4n) is 3.27. The smallest absolute Gasteiger partial charge is 0.235 e. The van der Waals surface area contributed by atoms with Gasteiger partial charge in [0.1, 0.15) is 0 Å². The average Bonchev–Trinajstić information content (AvgIpc) is 2.80. The van der Waals surface area contributed by atoms with Gasteiger partial charge in [-0.2, -0.15) is 0 Å². The topological polar surface area (TPSA) is 66.8 Å². The summed E-state index contributed by atoms with van der Waals surface area (Å²) in [5, 5.41) is 10.2. The zero-order chi connectivity index (χ0) is 21.2. The molecule has 0 aliphatic heterocycles. The van der Waals surface area contributed by atoms with Gasteiger partial charge in [-0.05, 0) is 12.1 Å². The monoisotopic (exact) mass is 423 g/mol. The van der Waals surface area contributed by atoms with E-state index in [0.29, 0.717) is 17.2 Å². The van der Waals surface area contributed by atoms with Crippen LogP contribution in [0.4, 0.5) is 5.69 Å². The second-order valence-electron chi connectivity index (χ2n) is 6.79. The Morgan fingerprint density at radius 1 is 0.800 bits per heavy atom. The van der Waals surface area contributed by atoms with E-state index in [1.165, 1.54) is 0 Å². The van der Waals surface area contributed by atoms with Gasteiger partial charge in [0.2, 0.25) is 5.91 Å². The molecule has 1 N–H and O–H groups in total. The van der Waals surface area contributed by atoms with Gasteiger partial charge in [-0.3, -0.25) is 4.79 Å². The fourth-order valence-corrected chi connectivity index (χ4v) is 5.80. The maximum atomic E-state index is 14.2. The Kier molecular flexibility index (Phi) is 7.97. The Morgan fingerprint density at radius 3 is 1.80 bits per heavy atom. The molecule has 1 amide bonds. The maximum absolute atomic E-state index is 14.2. The summed E-state index contributed by atoms with van der Waals surface area (Å²) in [5.74, 6) is -0.232. The standard InChI is InChI=1S/C24H26NO4P/c26-17-19-29-18-16-25(21-10-4-1-5-11-21)24(27)20-30(28,22-12-6-2-7-13-22)23-14-8-3-9-15-23/h1-15,26H,16-20H2. The van der Waals surface area contributed by atoms with Crippen molar-refractivity contribution in [1.29, 1.82) is 0 Å². The number of benzene rings is 3. The largest absolute Gasteiger partial charge is 0.394 e. The normalized spacial score (nSPS) is 11.2. The average molecular weight is 423 g/mol.